The van der Waals surface area contributed by atoms with Crippen LogP contribution in [0.2, 0.25) is 0 Å². The highest BCUT2D eigenvalue weighted by atomic mass is 79.9. The molecule has 0 spiro atoms. The number of thioether (sulfide) groups is 1. The molecule has 3 rings (SSSR count). The summed E-state index contributed by atoms with van der Waals surface area (Å²) in [6.07, 6.45) is 1.56. The van der Waals surface area contributed by atoms with E-state index in [0.29, 0.717) is 31.3 Å². The van der Waals surface area contributed by atoms with E-state index < -0.39 is 0 Å². The molecule has 3 aromatic rings. The van der Waals surface area contributed by atoms with Crippen molar-refractivity contribution in [3.8, 4) is 17.2 Å². The highest BCUT2D eigenvalue weighted by molar-refractivity contribution is 9.10. The van der Waals surface area contributed by atoms with Gasteiger partial charge in [-0.15, -0.1) is 10.2 Å². The Morgan fingerprint density at radius 3 is 2.64 bits per heavy atom. The summed E-state index contributed by atoms with van der Waals surface area (Å²) in [7, 11) is 0. The summed E-state index contributed by atoms with van der Waals surface area (Å²) in [4.78, 5) is 12.0. The molecule has 0 bridgehead atoms. The molecule has 0 aliphatic carbocycles. The van der Waals surface area contributed by atoms with Gasteiger partial charge in [0.15, 0.2) is 15.8 Å². The minimum atomic E-state index is -0.222. The molecule has 0 fully saturated rings. The van der Waals surface area contributed by atoms with E-state index in [-0.39, 0.29) is 11.7 Å². The first-order chi connectivity index (χ1) is 16.0. The molecule has 0 aliphatic heterocycles. The topological polar surface area (TPSA) is 94.9 Å². The van der Waals surface area contributed by atoms with E-state index in [9.17, 15) is 4.79 Å². The van der Waals surface area contributed by atoms with E-state index in [1.807, 2.05) is 50.2 Å². The molecule has 0 saturated carbocycles. The lowest BCUT2D eigenvalue weighted by Crippen LogP contribution is -2.19. The largest absolute Gasteiger partial charge is 0.490 e. The van der Waals surface area contributed by atoms with Gasteiger partial charge in [-0.2, -0.15) is 5.10 Å². The van der Waals surface area contributed by atoms with Crippen molar-refractivity contribution in [2.45, 2.75) is 18.2 Å². The minimum Gasteiger partial charge on any atom is -0.490 e. The van der Waals surface area contributed by atoms with Crippen LogP contribution in [0.4, 0.5) is 0 Å². The Labute approximate surface area is 208 Å². The number of aromatic nitrogens is 2. The summed E-state index contributed by atoms with van der Waals surface area (Å²) in [6.45, 7) is 5.03. The molecule has 1 aromatic heterocycles. The first-order valence-corrected chi connectivity index (χ1v) is 12.7. The van der Waals surface area contributed by atoms with E-state index in [0.717, 1.165) is 25.1 Å². The van der Waals surface area contributed by atoms with Crippen LogP contribution in [0.25, 0.3) is 0 Å². The average molecular weight is 551 g/mol. The SMILES string of the molecule is CCOc1cc(/C=N/NC(=O)CSc2nnc(C)s2)ccc1OCCOc1ccc(Br)cc1. The third kappa shape index (κ3) is 8.67. The summed E-state index contributed by atoms with van der Waals surface area (Å²) >= 11 is 6.17. The molecule has 8 nitrogen and oxygen atoms in total. The van der Waals surface area contributed by atoms with Crippen molar-refractivity contribution in [1.29, 1.82) is 0 Å². The van der Waals surface area contributed by atoms with E-state index in [1.165, 1.54) is 23.1 Å². The number of aryl methyl sites for hydroxylation is 1. The van der Waals surface area contributed by atoms with Gasteiger partial charge in [0.05, 0.1) is 18.6 Å². The second-order valence-electron chi connectivity index (χ2n) is 6.46. The molecular weight excluding hydrogens is 528 g/mol. The molecule has 11 heteroatoms. The van der Waals surface area contributed by atoms with Crippen LogP contribution < -0.4 is 19.6 Å². The van der Waals surface area contributed by atoms with E-state index in [2.05, 4.69) is 36.7 Å². The van der Waals surface area contributed by atoms with Crippen molar-refractivity contribution in [2.75, 3.05) is 25.6 Å². The zero-order valence-corrected chi connectivity index (χ0v) is 21.3. The lowest BCUT2D eigenvalue weighted by molar-refractivity contribution is -0.118. The fraction of sp³-hybridized carbons (Fsp3) is 0.273. The van der Waals surface area contributed by atoms with Crippen LogP contribution in [0, 0.1) is 6.92 Å². The van der Waals surface area contributed by atoms with E-state index in [4.69, 9.17) is 14.2 Å². The van der Waals surface area contributed by atoms with Crippen molar-refractivity contribution in [3.63, 3.8) is 0 Å². The van der Waals surface area contributed by atoms with E-state index in [1.54, 1.807) is 12.3 Å². The highest BCUT2D eigenvalue weighted by Gasteiger charge is 2.08. The third-order valence-corrected chi connectivity index (χ3v) is 6.43. The fourth-order valence-electron chi connectivity index (χ4n) is 2.51. The lowest BCUT2D eigenvalue weighted by atomic mass is 10.2. The predicted molar refractivity (Wildman–Crippen MR) is 134 cm³/mol. The Morgan fingerprint density at radius 1 is 1.12 bits per heavy atom. The van der Waals surface area contributed by atoms with Gasteiger partial charge in [-0.1, -0.05) is 39.0 Å². The zero-order chi connectivity index (χ0) is 23.5. The molecule has 0 unspecified atom stereocenters. The van der Waals surface area contributed by atoms with Gasteiger partial charge in [0.2, 0.25) is 0 Å². The summed E-state index contributed by atoms with van der Waals surface area (Å²) in [6, 6.07) is 13.1. The second-order valence-corrected chi connectivity index (χ2v) is 9.78. The number of hydrogen-bond acceptors (Lipinski definition) is 9. The molecule has 0 radical (unpaired) electrons. The molecule has 2 aromatic carbocycles. The maximum Gasteiger partial charge on any atom is 0.250 e. The van der Waals surface area contributed by atoms with Gasteiger partial charge in [-0.3, -0.25) is 4.79 Å². The first-order valence-electron chi connectivity index (χ1n) is 10.1. The van der Waals surface area contributed by atoms with Crippen molar-refractivity contribution in [2.24, 2.45) is 5.10 Å². The Morgan fingerprint density at radius 2 is 1.91 bits per heavy atom. The van der Waals surface area contributed by atoms with Gasteiger partial charge in [0.1, 0.15) is 24.0 Å². The Bertz CT molecular complexity index is 1080. The molecule has 1 amide bonds. The van der Waals surface area contributed by atoms with Crippen molar-refractivity contribution in [1.82, 2.24) is 15.6 Å². The van der Waals surface area contributed by atoms with Crippen LogP contribution in [0.3, 0.4) is 0 Å². The molecular formula is C22H23BrN4O4S2. The smallest absolute Gasteiger partial charge is 0.250 e. The number of amides is 1. The Kier molecular flexibility index (Phi) is 9.98. The average Bonchev–Trinajstić information content (AvgIpc) is 3.23. The number of hydrogen-bond donors (Lipinski definition) is 1. The van der Waals surface area contributed by atoms with Crippen LogP contribution in [0.15, 0.2) is 56.4 Å². The maximum atomic E-state index is 12.0. The van der Waals surface area contributed by atoms with Crippen LogP contribution in [0.5, 0.6) is 17.2 Å². The number of hydrazone groups is 1. The quantitative estimate of drug-likeness (QED) is 0.151. The van der Waals surface area contributed by atoms with Crippen LogP contribution in [0.1, 0.15) is 17.5 Å². The number of carbonyl (C=O) groups is 1. The van der Waals surface area contributed by atoms with Crippen molar-refractivity contribution in [3.05, 3.63) is 57.5 Å². The maximum absolute atomic E-state index is 12.0. The van der Waals surface area contributed by atoms with Gasteiger partial charge in [0, 0.05) is 4.47 Å². The molecule has 0 saturated heterocycles. The monoisotopic (exact) mass is 550 g/mol. The van der Waals surface area contributed by atoms with Crippen LogP contribution >= 0.6 is 39.0 Å². The lowest BCUT2D eigenvalue weighted by Gasteiger charge is -2.13. The highest BCUT2D eigenvalue weighted by Crippen LogP contribution is 2.28. The summed E-state index contributed by atoms with van der Waals surface area (Å²) in [5.74, 6) is 1.97. The van der Waals surface area contributed by atoms with E-state index >= 15 is 0 Å². The summed E-state index contributed by atoms with van der Waals surface area (Å²) < 4.78 is 18.9. The number of nitrogens with zero attached hydrogens (tertiary/aromatic N) is 3. The fourth-order valence-corrected chi connectivity index (χ4v) is 4.38. The first kappa shape index (κ1) is 25.0. The van der Waals surface area contributed by atoms with Gasteiger partial charge >= 0.3 is 0 Å². The molecule has 0 atom stereocenters. The minimum absolute atomic E-state index is 0.214. The molecule has 1 N–H and O–H groups in total. The zero-order valence-electron chi connectivity index (χ0n) is 18.1. The Hall–Kier alpha value is -2.63. The van der Waals surface area contributed by atoms with Crippen LogP contribution in [-0.4, -0.2) is 47.9 Å². The van der Waals surface area contributed by atoms with Gasteiger partial charge in [0.25, 0.3) is 5.91 Å². The number of rotatable bonds is 12. The van der Waals surface area contributed by atoms with Crippen molar-refractivity contribution >= 4 is 51.2 Å². The molecule has 174 valence electrons. The summed E-state index contributed by atoms with van der Waals surface area (Å²) in [5.41, 5.74) is 3.28. The number of carbonyl (C=O) groups excluding carboxylic acids is 1. The Balaban J connectivity index is 1.47. The normalized spacial score (nSPS) is 10.9. The third-order valence-electron chi connectivity index (χ3n) is 3.93. The second kappa shape index (κ2) is 13.2. The predicted octanol–water partition coefficient (Wildman–Crippen LogP) is 4.71. The van der Waals surface area contributed by atoms with Crippen molar-refractivity contribution < 1.29 is 19.0 Å². The van der Waals surface area contributed by atoms with Gasteiger partial charge in [-0.05, 0) is 61.9 Å². The number of ether oxygens (including phenoxy) is 3. The molecule has 1 heterocycles. The van der Waals surface area contributed by atoms with Gasteiger partial charge < -0.3 is 14.2 Å². The summed E-state index contributed by atoms with van der Waals surface area (Å²) in [5, 5.41) is 12.8. The molecule has 33 heavy (non-hydrogen) atoms. The number of halogens is 1. The number of nitrogens with one attached hydrogen (secondary N) is 1. The standard InChI is InChI=1S/C22H23BrN4O4S2/c1-3-29-20-12-16(13-24-26-21(28)14-32-22-27-25-15(2)33-22)4-9-19(20)31-11-10-30-18-7-5-17(23)6-8-18/h4-9,12-13H,3,10-11,14H2,1-2H3,(H,26,28)/b24-13+. The number of benzene rings is 2. The molecule has 0 aliphatic rings. The van der Waals surface area contributed by atoms with Gasteiger partial charge in [-0.25, -0.2) is 5.43 Å². The van der Waals surface area contributed by atoms with Crippen LogP contribution in [-0.2, 0) is 4.79 Å².